The zero-order valence-electron chi connectivity index (χ0n) is 16.7. The van der Waals surface area contributed by atoms with Gasteiger partial charge in [-0.2, -0.15) is 16.8 Å². The van der Waals surface area contributed by atoms with Crippen LogP contribution in [0.1, 0.15) is 54.4 Å². The molecule has 0 aliphatic heterocycles. The Morgan fingerprint density at radius 2 is 1.28 bits per heavy atom. The third kappa shape index (κ3) is 5.67. The summed E-state index contributed by atoms with van der Waals surface area (Å²) in [4.78, 5) is -0.391. The van der Waals surface area contributed by atoms with Crippen LogP contribution in [0, 0.1) is 25.7 Å². The lowest BCUT2D eigenvalue weighted by molar-refractivity contribution is 0.479. The Bertz CT molecular complexity index is 1190. The van der Waals surface area contributed by atoms with Gasteiger partial charge in [0.1, 0.15) is 0 Å². The van der Waals surface area contributed by atoms with Gasteiger partial charge in [-0.25, -0.2) is 0 Å². The first-order chi connectivity index (χ1) is 13.3. The molecule has 6 nitrogen and oxygen atoms in total. The second-order valence-corrected chi connectivity index (χ2v) is 9.78. The van der Waals surface area contributed by atoms with E-state index in [-0.39, 0.29) is 9.79 Å². The Morgan fingerprint density at radius 3 is 1.72 bits per heavy atom. The molecule has 0 amide bonds. The molecular formula is C21H24O6S2. The first-order valence-electron chi connectivity index (χ1n) is 9.01. The molecule has 0 spiro atoms. The summed E-state index contributed by atoms with van der Waals surface area (Å²) in [6, 6.07) is 9.21. The van der Waals surface area contributed by atoms with Crippen LogP contribution in [0.3, 0.4) is 0 Å². The molecular weight excluding hydrogens is 412 g/mol. The Kier molecular flexibility index (Phi) is 6.91. The SMILES string of the molecule is CCC(C#CC(C)c1cc(C)ccc1S(=O)(=O)O)c1cc(C)ccc1S(=O)(=O)O. The average Bonchev–Trinajstić information content (AvgIpc) is 2.60. The van der Waals surface area contributed by atoms with Crippen molar-refractivity contribution in [2.24, 2.45) is 0 Å². The third-order valence-electron chi connectivity index (χ3n) is 4.61. The highest BCUT2D eigenvalue weighted by Gasteiger charge is 2.21. The summed E-state index contributed by atoms with van der Waals surface area (Å²) in [6.07, 6.45) is 0.491. The summed E-state index contributed by atoms with van der Waals surface area (Å²) in [6.45, 7) is 7.17. The van der Waals surface area contributed by atoms with Crippen molar-refractivity contribution >= 4 is 20.2 Å². The quantitative estimate of drug-likeness (QED) is 0.540. The first kappa shape index (κ1) is 23.1. The summed E-state index contributed by atoms with van der Waals surface area (Å²) in [5, 5.41) is 0. The van der Waals surface area contributed by atoms with Gasteiger partial charge in [-0.05, 0) is 50.5 Å². The van der Waals surface area contributed by atoms with E-state index in [0.717, 1.165) is 11.1 Å². The van der Waals surface area contributed by atoms with Crippen molar-refractivity contribution in [2.75, 3.05) is 0 Å². The molecule has 0 aliphatic rings. The third-order valence-corrected chi connectivity index (χ3v) is 6.47. The van der Waals surface area contributed by atoms with Crippen LogP contribution >= 0.6 is 0 Å². The Hall–Kier alpha value is -2.18. The molecule has 156 valence electrons. The smallest absolute Gasteiger partial charge is 0.282 e. The van der Waals surface area contributed by atoms with Crippen molar-refractivity contribution < 1.29 is 25.9 Å². The fourth-order valence-electron chi connectivity index (χ4n) is 3.12. The van der Waals surface area contributed by atoms with Crippen LogP contribution in [0.2, 0.25) is 0 Å². The number of rotatable bonds is 5. The summed E-state index contributed by atoms with van der Waals surface area (Å²) in [5.74, 6) is 5.00. The number of hydrogen-bond acceptors (Lipinski definition) is 4. The van der Waals surface area contributed by atoms with Gasteiger partial charge in [-0.15, -0.1) is 0 Å². The van der Waals surface area contributed by atoms with Crippen molar-refractivity contribution in [3.05, 3.63) is 58.7 Å². The van der Waals surface area contributed by atoms with Gasteiger partial charge in [0, 0.05) is 11.8 Å². The van der Waals surface area contributed by atoms with E-state index in [4.69, 9.17) is 0 Å². The number of hydrogen-bond donors (Lipinski definition) is 2. The standard InChI is InChI=1S/C21H24O6S2/c1-5-17(19-13-15(3)7-11-21(19)29(25,26)27)9-8-16(4)18-12-14(2)6-10-20(18)28(22,23)24/h6-7,10-13,16-17H,5H2,1-4H3,(H,22,23,24)(H,25,26,27). The van der Waals surface area contributed by atoms with E-state index in [1.54, 1.807) is 38.1 Å². The van der Waals surface area contributed by atoms with Gasteiger partial charge in [0.25, 0.3) is 20.2 Å². The van der Waals surface area contributed by atoms with Crippen LogP contribution in [0.4, 0.5) is 0 Å². The minimum absolute atomic E-state index is 0.189. The second-order valence-electron chi connectivity index (χ2n) is 7.00. The van der Waals surface area contributed by atoms with Gasteiger partial charge in [0.2, 0.25) is 0 Å². The maximum atomic E-state index is 11.8. The van der Waals surface area contributed by atoms with Gasteiger partial charge in [0.15, 0.2) is 0 Å². The summed E-state index contributed by atoms with van der Waals surface area (Å²) >= 11 is 0. The van der Waals surface area contributed by atoms with Gasteiger partial charge in [0.05, 0.1) is 9.79 Å². The highest BCUT2D eigenvalue weighted by molar-refractivity contribution is 7.86. The largest absolute Gasteiger partial charge is 0.294 e. The zero-order valence-corrected chi connectivity index (χ0v) is 18.3. The summed E-state index contributed by atoms with van der Waals surface area (Å²) in [7, 11) is -8.81. The Morgan fingerprint density at radius 1 is 0.828 bits per heavy atom. The molecule has 0 heterocycles. The van der Waals surface area contributed by atoms with Crippen LogP contribution in [0.5, 0.6) is 0 Å². The van der Waals surface area contributed by atoms with E-state index in [9.17, 15) is 25.9 Å². The highest BCUT2D eigenvalue weighted by atomic mass is 32.2. The Balaban J connectivity index is 2.54. The summed E-state index contributed by atoms with van der Waals surface area (Å²) in [5.41, 5.74) is 2.41. The fourth-order valence-corrected chi connectivity index (χ4v) is 4.63. The average molecular weight is 437 g/mol. The van der Waals surface area contributed by atoms with Crippen molar-refractivity contribution in [1.82, 2.24) is 0 Å². The molecule has 0 bridgehead atoms. The predicted molar refractivity (Wildman–Crippen MR) is 111 cm³/mol. The lowest BCUT2D eigenvalue weighted by Crippen LogP contribution is -2.08. The van der Waals surface area contributed by atoms with E-state index < -0.39 is 32.1 Å². The molecule has 2 aromatic carbocycles. The van der Waals surface area contributed by atoms with Crippen LogP contribution in [-0.4, -0.2) is 25.9 Å². The van der Waals surface area contributed by atoms with E-state index in [1.165, 1.54) is 12.1 Å². The molecule has 2 unspecified atom stereocenters. The molecule has 8 heteroatoms. The molecule has 2 rings (SSSR count). The van der Waals surface area contributed by atoms with Crippen molar-refractivity contribution in [3.63, 3.8) is 0 Å². The van der Waals surface area contributed by atoms with E-state index in [2.05, 4.69) is 11.8 Å². The molecule has 29 heavy (non-hydrogen) atoms. The van der Waals surface area contributed by atoms with Gasteiger partial charge < -0.3 is 0 Å². The first-order valence-corrected chi connectivity index (χ1v) is 11.9. The maximum absolute atomic E-state index is 11.8. The van der Waals surface area contributed by atoms with Crippen molar-refractivity contribution in [3.8, 4) is 11.8 Å². The molecule has 2 N–H and O–H groups in total. The van der Waals surface area contributed by atoms with Crippen LogP contribution in [0.15, 0.2) is 46.2 Å². The molecule has 0 radical (unpaired) electrons. The molecule has 0 saturated heterocycles. The van der Waals surface area contributed by atoms with Crippen LogP contribution in [-0.2, 0) is 20.2 Å². The van der Waals surface area contributed by atoms with Gasteiger partial charge in [-0.1, -0.05) is 54.2 Å². The maximum Gasteiger partial charge on any atom is 0.294 e. The van der Waals surface area contributed by atoms with Crippen LogP contribution in [0.25, 0.3) is 0 Å². The topological polar surface area (TPSA) is 109 Å². The monoisotopic (exact) mass is 436 g/mol. The molecule has 0 aliphatic carbocycles. The summed E-state index contributed by atoms with van der Waals surface area (Å²) < 4.78 is 65.9. The molecule has 0 aromatic heterocycles. The fraction of sp³-hybridized carbons (Fsp3) is 0.333. The van der Waals surface area contributed by atoms with E-state index in [0.29, 0.717) is 17.5 Å². The second kappa shape index (κ2) is 8.67. The molecule has 2 atom stereocenters. The van der Waals surface area contributed by atoms with Crippen molar-refractivity contribution in [2.45, 2.75) is 55.7 Å². The number of benzene rings is 2. The van der Waals surface area contributed by atoms with Crippen LogP contribution < -0.4 is 0 Å². The number of aryl methyl sites for hydroxylation is 2. The minimum Gasteiger partial charge on any atom is -0.282 e. The zero-order chi connectivity index (χ0) is 22.0. The molecule has 0 fully saturated rings. The molecule has 0 saturated carbocycles. The van der Waals surface area contributed by atoms with E-state index >= 15 is 0 Å². The van der Waals surface area contributed by atoms with Gasteiger partial charge >= 0.3 is 0 Å². The predicted octanol–water partition coefficient (Wildman–Crippen LogP) is 4.10. The molecule has 2 aromatic rings. The Labute approximate surface area is 172 Å². The highest BCUT2D eigenvalue weighted by Crippen LogP contribution is 2.29. The lowest BCUT2D eigenvalue weighted by atomic mass is 9.93. The lowest BCUT2D eigenvalue weighted by Gasteiger charge is -2.15. The van der Waals surface area contributed by atoms with E-state index in [1.807, 2.05) is 13.8 Å². The normalized spacial score (nSPS) is 14.0. The van der Waals surface area contributed by atoms with Gasteiger partial charge in [-0.3, -0.25) is 9.11 Å². The van der Waals surface area contributed by atoms with Crippen molar-refractivity contribution in [1.29, 1.82) is 0 Å². The minimum atomic E-state index is -4.41.